The van der Waals surface area contributed by atoms with Crippen LogP contribution in [0.1, 0.15) is 24.3 Å². The Morgan fingerprint density at radius 2 is 2.21 bits per heavy atom. The average Bonchev–Trinajstić information content (AvgIpc) is 2.84. The second-order valence-electron chi connectivity index (χ2n) is 5.07. The van der Waals surface area contributed by atoms with Crippen molar-refractivity contribution in [3.63, 3.8) is 0 Å². The van der Waals surface area contributed by atoms with E-state index in [1.807, 2.05) is 43.0 Å². The molecule has 1 aromatic heterocycles. The quantitative estimate of drug-likeness (QED) is 0.849. The van der Waals surface area contributed by atoms with Crippen molar-refractivity contribution < 1.29 is 9.53 Å². The SMILES string of the molecule is C[C@H]1CN(C(=O)c2n[nH]c3ccccc23)[C@@H](C)CO1. The van der Waals surface area contributed by atoms with Crippen LogP contribution in [0.5, 0.6) is 0 Å². The molecule has 3 rings (SSSR count). The Hall–Kier alpha value is -1.88. The fraction of sp³-hybridized carbons (Fsp3) is 0.429. The maximum absolute atomic E-state index is 12.6. The van der Waals surface area contributed by atoms with Crippen LogP contribution in [0.3, 0.4) is 0 Å². The van der Waals surface area contributed by atoms with Gasteiger partial charge in [0.2, 0.25) is 0 Å². The van der Waals surface area contributed by atoms with Crippen molar-refractivity contribution in [2.75, 3.05) is 13.2 Å². The number of aromatic nitrogens is 2. The predicted molar refractivity (Wildman–Crippen MR) is 72.0 cm³/mol. The Morgan fingerprint density at radius 3 is 3.05 bits per heavy atom. The lowest BCUT2D eigenvalue weighted by atomic mass is 10.1. The molecule has 0 aliphatic carbocycles. The number of carbonyl (C=O) groups is 1. The monoisotopic (exact) mass is 259 g/mol. The van der Waals surface area contributed by atoms with Gasteiger partial charge in [-0.25, -0.2) is 0 Å². The zero-order valence-electron chi connectivity index (χ0n) is 11.1. The summed E-state index contributed by atoms with van der Waals surface area (Å²) in [6.07, 6.45) is 0.0744. The number of aromatic amines is 1. The number of carbonyl (C=O) groups excluding carboxylic acids is 1. The first-order valence-electron chi connectivity index (χ1n) is 6.52. The lowest BCUT2D eigenvalue weighted by Gasteiger charge is -2.36. The molecule has 5 nitrogen and oxygen atoms in total. The first-order valence-corrected chi connectivity index (χ1v) is 6.52. The zero-order chi connectivity index (χ0) is 13.4. The molecule has 2 heterocycles. The summed E-state index contributed by atoms with van der Waals surface area (Å²) in [5, 5.41) is 7.95. The van der Waals surface area contributed by atoms with Gasteiger partial charge in [-0.05, 0) is 19.9 Å². The second-order valence-corrected chi connectivity index (χ2v) is 5.07. The summed E-state index contributed by atoms with van der Waals surface area (Å²) in [7, 11) is 0. The van der Waals surface area contributed by atoms with Crippen molar-refractivity contribution in [1.29, 1.82) is 0 Å². The summed E-state index contributed by atoms with van der Waals surface area (Å²) in [4.78, 5) is 14.5. The van der Waals surface area contributed by atoms with Gasteiger partial charge in [0, 0.05) is 11.9 Å². The number of benzene rings is 1. The molecular formula is C14H17N3O2. The molecular weight excluding hydrogens is 242 g/mol. The Bertz CT molecular complexity index is 608. The minimum Gasteiger partial charge on any atom is -0.375 e. The van der Waals surface area contributed by atoms with Gasteiger partial charge in [0.05, 0.1) is 24.3 Å². The van der Waals surface area contributed by atoms with Gasteiger partial charge in [-0.1, -0.05) is 18.2 Å². The summed E-state index contributed by atoms with van der Waals surface area (Å²) < 4.78 is 5.55. The summed E-state index contributed by atoms with van der Waals surface area (Å²) in [5.41, 5.74) is 1.39. The lowest BCUT2D eigenvalue weighted by Crippen LogP contribution is -2.50. The minimum absolute atomic E-state index is 0.0277. The molecule has 1 aromatic carbocycles. The molecule has 1 amide bonds. The zero-order valence-corrected chi connectivity index (χ0v) is 11.1. The van der Waals surface area contributed by atoms with Crippen molar-refractivity contribution in [2.24, 2.45) is 0 Å². The number of H-pyrrole nitrogens is 1. The molecule has 2 atom stereocenters. The van der Waals surface area contributed by atoms with Gasteiger partial charge in [0.1, 0.15) is 0 Å². The first-order chi connectivity index (χ1) is 9.16. The number of fused-ring (bicyclic) bond motifs is 1. The molecule has 0 spiro atoms. The van der Waals surface area contributed by atoms with Crippen molar-refractivity contribution >= 4 is 16.8 Å². The molecule has 19 heavy (non-hydrogen) atoms. The first kappa shape index (κ1) is 12.2. The predicted octanol–water partition coefficient (Wildman–Crippen LogP) is 1.81. The molecule has 5 heteroatoms. The standard InChI is InChI=1S/C14H17N3O2/c1-9-8-19-10(2)7-17(9)14(18)13-11-5-3-4-6-12(11)15-16-13/h3-6,9-10H,7-8H2,1-2H3,(H,15,16)/t9-,10-/m0/s1. The van der Waals surface area contributed by atoms with Gasteiger partial charge in [0.25, 0.3) is 5.91 Å². The number of ether oxygens (including phenoxy) is 1. The third-order valence-electron chi connectivity index (χ3n) is 3.54. The Balaban J connectivity index is 1.95. The van der Waals surface area contributed by atoms with E-state index < -0.39 is 0 Å². The molecule has 0 unspecified atom stereocenters. The van der Waals surface area contributed by atoms with E-state index in [9.17, 15) is 4.79 Å². The third-order valence-corrected chi connectivity index (χ3v) is 3.54. The van der Waals surface area contributed by atoms with E-state index in [1.54, 1.807) is 0 Å². The third kappa shape index (κ3) is 2.10. The van der Waals surface area contributed by atoms with E-state index in [1.165, 1.54) is 0 Å². The van der Waals surface area contributed by atoms with Crippen LogP contribution in [0.2, 0.25) is 0 Å². The largest absolute Gasteiger partial charge is 0.375 e. The number of hydrogen-bond donors (Lipinski definition) is 1. The molecule has 1 saturated heterocycles. The highest BCUT2D eigenvalue weighted by atomic mass is 16.5. The van der Waals surface area contributed by atoms with Gasteiger partial charge in [-0.3, -0.25) is 9.89 Å². The van der Waals surface area contributed by atoms with E-state index >= 15 is 0 Å². The van der Waals surface area contributed by atoms with Gasteiger partial charge in [0.15, 0.2) is 5.69 Å². The van der Waals surface area contributed by atoms with Crippen LogP contribution < -0.4 is 0 Å². The van der Waals surface area contributed by atoms with E-state index in [-0.39, 0.29) is 18.1 Å². The van der Waals surface area contributed by atoms with Crippen molar-refractivity contribution in [1.82, 2.24) is 15.1 Å². The highest BCUT2D eigenvalue weighted by molar-refractivity contribution is 6.04. The van der Waals surface area contributed by atoms with Gasteiger partial charge in [-0.15, -0.1) is 0 Å². The van der Waals surface area contributed by atoms with Gasteiger partial charge in [-0.2, -0.15) is 5.10 Å². The molecule has 1 N–H and O–H groups in total. The highest BCUT2D eigenvalue weighted by Gasteiger charge is 2.30. The summed E-state index contributed by atoms with van der Waals surface area (Å²) in [6, 6.07) is 7.76. The Labute approximate surface area is 111 Å². The second kappa shape index (κ2) is 4.66. The Kier molecular flexibility index (Phi) is 2.98. The van der Waals surface area contributed by atoms with Crippen LogP contribution in [-0.4, -0.2) is 46.3 Å². The van der Waals surface area contributed by atoms with E-state index in [4.69, 9.17) is 4.74 Å². The molecule has 0 bridgehead atoms. The topological polar surface area (TPSA) is 58.2 Å². The molecule has 0 radical (unpaired) electrons. The molecule has 0 saturated carbocycles. The summed E-state index contributed by atoms with van der Waals surface area (Å²) >= 11 is 0. The van der Waals surface area contributed by atoms with Gasteiger partial charge < -0.3 is 9.64 Å². The molecule has 100 valence electrons. The average molecular weight is 259 g/mol. The van der Waals surface area contributed by atoms with Crippen molar-refractivity contribution in [3.05, 3.63) is 30.0 Å². The van der Waals surface area contributed by atoms with Gasteiger partial charge >= 0.3 is 0 Å². The fourth-order valence-corrected chi connectivity index (χ4v) is 2.45. The van der Waals surface area contributed by atoms with Crippen LogP contribution in [0.15, 0.2) is 24.3 Å². The molecule has 1 aliphatic heterocycles. The fourth-order valence-electron chi connectivity index (χ4n) is 2.45. The highest BCUT2D eigenvalue weighted by Crippen LogP contribution is 2.20. The van der Waals surface area contributed by atoms with Crippen molar-refractivity contribution in [3.8, 4) is 0 Å². The van der Waals surface area contributed by atoms with Crippen molar-refractivity contribution in [2.45, 2.75) is 26.0 Å². The maximum Gasteiger partial charge on any atom is 0.275 e. The maximum atomic E-state index is 12.6. The number of hydrogen-bond acceptors (Lipinski definition) is 3. The molecule has 1 aliphatic rings. The van der Waals surface area contributed by atoms with E-state index in [0.717, 1.165) is 10.9 Å². The van der Waals surface area contributed by atoms with Crippen LogP contribution in [0.25, 0.3) is 10.9 Å². The number of nitrogens with one attached hydrogen (secondary N) is 1. The normalized spacial score (nSPS) is 23.8. The number of rotatable bonds is 1. The van der Waals surface area contributed by atoms with Crippen LogP contribution >= 0.6 is 0 Å². The Morgan fingerprint density at radius 1 is 1.42 bits per heavy atom. The molecule has 1 fully saturated rings. The lowest BCUT2D eigenvalue weighted by molar-refractivity contribution is -0.0388. The van der Waals surface area contributed by atoms with Crippen LogP contribution in [-0.2, 0) is 4.74 Å². The number of morpholine rings is 1. The summed E-state index contributed by atoms with van der Waals surface area (Å²) in [5.74, 6) is -0.0277. The van der Waals surface area contributed by atoms with Crippen LogP contribution in [0.4, 0.5) is 0 Å². The smallest absolute Gasteiger partial charge is 0.275 e. The number of nitrogens with zero attached hydrogens (tertiary/aromatic N) is 2. The number of amides is 1. The summed E-state index contributed by atoms with van der Waals surface area (Å²) in [6.45, 7) is 5.17. The molecule has 2 aromatic rings. The minimum atomic E-state index is -0.0277. The van der Waals surface area contributed by atoms with E-state index in [0.29, 0.717) is 18.8 Å². The van der Waals surface area contributed by atoms with Crippen LogP contribution in [0, 0.1) is 0 Å². The van der Waals surface area contributed by atoms with E-state index in [2.05, 4.69) is 10.2 Å². The number of para-hydroxylation sites is 1.